The number of aromatic nitrogens is 1. The van der Waals surface area contributed by atoms with Gasteiger partial charge in [0.25, 0.3) is 0 Å². The summed E-state index contributed by atoms with van der Waals surface area (Å²) in [5.74, 6) is -0.493. The van der Waals surface area contributed by atoms with Crippen LogP contribution in [0, 0.1) is 5.41 Å². The van der Waals surface area contributed by atoms with Crippen LogP contribution in [0.4, 0.5) is 5.13 Å². The molecule has 1 aromatic rings. The fourth-order valence-electron chi connectivity index (χ4n) is 2.94. The highest BCUT2D eigenvalue weighted by Gasteiger charge is 2.51. The first-order valence-electron chi connectivity index (χ1n) is 6.80. The van der Waals surface area contributed by atoms with Gasteiger partial charge in [-0.25, -0.2) is 4.98 Å². The van der Waals surface area contributed by atoms with Gasteiger partial charge in [0.05, 0.1) is 11.1 Å². The summed E-state index contributed by atoms with van der Waals surface area (Å²) >= 11 is 1.36. The van der Waals surface area contributed by atoms with Crippen molar-refractivity contribution in [3.63, 3.8) is 0 Å². The lowest BCUT2D eigenvalue weighted by molar-refractivity contribution is -0.131. The molecule has 112 valence electrons. The molecule has 1 spiro atoms. The van der Waals surface area contributed by atoms with Crippen LogP contribution in [-0.2, 0) is 20.8 Å². The van der Waals surface area contributed by atoms with Crippen molar-refractivity contribution in [2.24, 2.45) is 5.41 Å². The molecule has 2 aliphatic rings. The molecule has 1 aromatic heterocycles. The minimum absolute atomic E-state index is 0.00871. The molecule has 3 rings (SSSR count). The topological polar surface area (TPSA) is 105 Å². The smallest absolute Gasteiger partial charge is 0.235 e. The van der Waals surface area contributed by atoms with Gasteiger partial charge in [-0.1, -0.05) is 0 Å². The van der Waals surface area contributed by atoms with Crippen LogP contribution in [0.15, 0.2) is 5.38 Å². The van der Waals surface area contributed by atoms with E-state index < -0.39 is 5.41 Å². The highest BCUT2D eigenvalue weighted by Crippen LogP contribution is 2.37. The zero-order chi connectivity index (χ0) is 15.0. The largest absolute Gasteiger partial charge is 0.375 e. The molecule has 0 radical (unpaired) electrons. The number of thiazole rings is 1. The molecule has 1 atom stereocenters. The Morgan fingerprint density at radius 3 is 2.95 bits per heavy atom. The number of imide groups is 1. The molecule has 3 heterocycles. The van der Waals surface area contributed by atoms with Gasteiger partial charge >= 0.3 is 0 Å². The molecule has 2 fully saturated rings. The van der Waals surface area contributed by atoms with E-state index in [4.69, 9.17) is 5.73 Å². The maximum Gasteiger partial charge on any atom is 0.235 e. The summed E-state index contributed by atoms with van der Waals surface area (Å²) in [6.07, 6.45) is 1.63. The third kappa shape index (κ3) is 2.63. The molecule has 0 aromatic carbocycles. The zero-order valence-corrected chi connectivity index (χ0v) is 12.2. The molecule has 0 unspecified atom stereocenters. The van der Waals surface area contributed by atoms with Crippen molar-refractivity contribution < 1.29 is 14.4 Å². The normalized spacial score (nSPS) is 24.9. The van der Waals surface area contributed by atoms with E-state index in [0.717, 1.165) is 5.69 Å². The van der Waals surface area contributed by atoms with Crippen molar-refractivity contribution >= 4 is 34.2 Å². The number of nitrogens with two attached hydrogens (primary N) is 1. The first-order chi connectivity index (χ1) is 9.98. The number of carbonyl (C=O) groups is 3. The van der Waals surface area contributed by atoms with Crippen molar-refractivity contribution in [1.29, 1.82) is 0 Å². The van der Waals surface area contributed by atoms with E-state index in [2.05, 4.69) is 10.3 Å². The number of amides is 3. The summed E-state index contributed by atoms with van der Waals surface area (Å²) in [6, 6.07) is 0. The molecule has 3 N–H and O–H groups in total. The number of nitrogens with zero attached hydrogens (tertiary/aromatic N) is 2. The quantitative estimate of drug-likeness (QED) is 0.760. The SMILES string of the molecule is Nc1nc(CCC(=O)N2CC[C@@]3(CC(=O)NC3=O)C2)cs1. The molecular weight excluding hydrogens is 292 g/mol. The fraction of sp³-hybridized carbons (Fsp3) is 0.538. The van der Waals surface area contributed by atoms with Gasteiger partial charge in [0.2, 0.25) is 17.7 Å². The Morgan fingerprint density at radius 2 is 2.33 bits per heavy atom. The predicted octanol–water partition coefficient (Wildman–Crippen LogP) is -0.0769. The van der Waals surface area contributed by atoms with Gasteiger partial charge < -0.3 is 10.6 Å². The highest BCUT2D eigenvalue weighted by atomic mass is 32.1. The third-order valence-electron chi connectivity index (χ3n) is 4.10. The van der Waals surface area contributed by atoms with E-state index in [9.17, 15) is 14.4 Å². The number of carbonyl (C=O) groups excluding carboxylic acids is 3. The van der Waals surface area contributed by atoms with Crippen LogP contribution >= 0.6 is 11.3 Å². The third-order valence-corrected chi connectivity index (χ3v) is 4.83. The van der Waals surface area contributed by atoms with E-state index in [1.807, 2.05) is 5.38 Å². The molecule has 2 aliphatic heterocycles. The van der Waals surface area contributed by atoms with Crippen LogP contribution in [0.3, 0.4) is 0 Å². The maximum atomic E-state index is 12.2. The molecule has 0 bridgehead atoms. The summed E-state index contributed by atoms with van der Waals surface area (Å²) in [6.45, 7) is 0.862. The Labute approximate surface area is 125 Å². The highest BCUT2D eigenvalue weighted by molar-refractivity contribution is 7.13. The molecule has 0 saturated carbocycles. The van der Waals surface area contributed by atoms with Gasteiger partial charge in [0.15, 0.2) is 5.13 Å². The first kappa shape index (κ1) is 14.0. The van der Waals surface area contributed by atoms with Crippen molar-refractivity contribution in [3.05, 3.63) is 11.1 Å². The Balaban J connectivity index is 1.57. The lowest BCUT2D eigenvalue weighted by Gasteiger charge is -2.20. The lowest BCUT2D eigenvalue weighted by Crippen LogP contribution is -2.36. The monoisotopic (exact) mass is 308 g/mol. The molecule has 3 amide bonds. The fourth-order valence-corrected chi connectivity index (χ4v) is 3.53. The Hall–Kier alpha value is -1.96. The van der Waals surface area contributed by atoms with Gasteiger partial charge in [-0.15, -0.1) is 11.3 Å². The van der Waals surface area contributed by atoms with Gasteiger partial charge in [-0.3, -0.25) is 19.7 Å². The van der Waals surface area contributed by atoms with Crippen LogP contribution in [0.2, 0.25) is 0 Å². The number of rotatable bonds is 3. The van der Waals surface area contributed by atoms with Crippen LogP contribution < -0.4 is 11.1 Å². The molecule has 2 saturated heterocycles. The van der Waals surface area contributed by atoms with E-state index in [-0.39, 0.29) is 24.1 Å². The van der Waals surface area contributed by atoms with Gasteiger partial charge in [0.1, 0.15) is 0 Å². The Kier molecular flexibility index (Phi) is 3.40. The molecular formula is C13H16N4O3S. The average molecular weight is 308 g/mol. The number of hydrogen-bond acceptors (Lipinski definition) is 6. The Bertz CT molecular complexity index is 614. The summed E-state index contributed by atoms with van der Waals surface area (Å²) in [7, 11) is 0. The average Bonchev–Trinajstić information content (AvgIpc) is 3.09. The standard InChI is InChI=1S/C13H16N4O3S/c14-12-15-8(6-21-12)1-2-10(19)17-4-3-13(7-17)5-9(18)16-11(13)20/h6H,1-5,7H2,(H2,14,15)(H,16,18,20)/t13-/m1/s1. The number of likely N-dealkylation sites (tertiary alicyclic amines) is 1. The van der Waals surface area contributed by atoms with Crippen molar-refractivity contribution in [2.75, 3.05) is 18.8 Å². The van der Waals surface area contributed by atoms with E-state index in [1.165, 1.54) is 11.3 Å². The number of anilines is 1. The van der Waals surface area contributed by atoms with Gasteiger partial charge in [-0.2, -0.15) is 0 Å². The summed E-state index contributed by atoms with van der Waals surface area (Å²) < 4.78 is 0. The summed E-state index contributed by atoms with van der Waals surface area (Å²) in [5, 5.41) is 4.67. The minimum atomic E-state index is -0.697. The van der Waals surface area contributed by atoms with Crippen LogP contribution in [0.5, 0.6) is 0 Å². The maximum absolute atomic E-state index is 12.2. The summed E-state index contributed by atoms with van der Waals surface area (Å²) in [5.41, 5.74) is 5.67. The minimum Gasteiger partial charge on any atom is -0.375 e. The number of nitrogen functional groups attached to an aromatic ring is 1. The first-order valence-corrected chi connectivity index (χ1v) is 7.68. The second kappa shape index (κ2) is 5.10. The zero-order valence-electron chi connectivity index (χ0n) is 11.4. The molecule has 8 heteroatoms. The lowest BCUT2D eigenvalue weighted by atomic mass is 9.85. The second-order valence-corrected chi connectivity index (χ2v) is 6.47. The Morgan fingerprint density at radius 1 is 1.52 bits per heavy atom. The van der Waals surface area contributed by atoms with Gasteiger partial charge in [-0.05, 0) is 12.8 Å². The predicted molar refractivity (Wildman–Crippen MR) is 76.2 cm³/mol. The number of hydrogen-bond donors (Lipinski definition) is 2. The van der Waals surface area contributed by atoms with Crippen molar-refractivity contribution in [3.8, 4) is 0 Å². The van der Waals surface area contributed by atoms with Crippen molar-refractivity contribution in [1.82, 2.24) is 15.2 Å². The molecule has 0 aliphatic carbocycles. The van der Waals surface area contributed by atoms with Gasteiger partial charge in [0, 0.05) is 31.3 Å². The van der Waals surface area contributed by atoms with E-state index >= 15 is 0 Å². The number of aryl methyl sites for hydroxylation is 1. The molecule has 21 heavy (non-hydrogen) atoms. The van der Waals surface area contributed by atoms with E-state index in [0.29, 0.717) is 37.5 Å². The summed E-state index contributed by atoms with van der Waals surface area (Å²) in [4.78, 5) is 41.2. The van der Waals surface area contributed by atoms with Crippen molar-refractivity contribution in [2.45, 2.75) is 25.7 Å². The van der Waals surface area contributed by atoms with E-state index in [1.54, 1.807) is 4.90 Å². The van der Waals surface area contributed by atoms with Crippen LogP contribution in [-0.4, -0.2) is 40.7 Å². The second-order valence-electron chi connectivity index (χ2n) is 5.58. The van der Waals surface area contributed by atoms with Crippen LogP contribution in [0.25, 0.3) is 0 Å². The van der Waals surface area contributed by atoms with Crippen LogP contribution in [0.1, 0.15) is 25.0 Å². The number of nitrogens with one attached hydrogen (secondary N) is 1. The molecule has 7 nitrogen and oxygen atoms in total.